The average Bonchev–Trinajstić information content (AvgIpc) is 2.44. The minimum Gasteiger partial charge on any atom is -0.123 e. The van der Waals surface area contributed by atoms with Crippen LogP contribution in [0.3, 0.4) is 0 Å². The van der Waals surface area contributed by atoms with Crippen molar-refractivity contribution in [2.75, 3.05) is 0 Å². The fourth-order valence-electron chi connectivity index (χ4n) is 2.35. The summed E-state index contributed by atoms with van der Waals surface area (Å²) in [6.07, 6.45) is 7.44. The van der Waals surface area contributed by atoms with Crippen LogP contribution >= 0.6 is 11.6 Å². The predicted molar refractivity (Wildman–Crippen MR) is 44.2 cm³/mol. The van der Waals surface area contributed by atoms with E-state index in [1.54, 1.807) is 0 Å². The molecule has 4 atom stereocenters. The average molecular weight is 157 g/mol. The third-order valence-electron chi connectivity index (χ3n) is 2.92. The number of allylic oxidation sites excluding steroid dienone is 2. The Morgan fingerprint density at radius 1 is 1.40 bits per heavy atom. The van der Waals surface area contributed by atoms with E-state index in [1.165, 1.54) is 12.8 Å². The van der Waals surface area contributed by atoms with Gasteiger partial charge in [-0.05, 0) is 37.5 Å². The zero-order valence-corrected chi connectivity index (χ0v) is 7.01. The minimum absolute atomic E-state index is 0.375. The van der Waals surface area contributed by atoms with Crippen molar-refractivity contribution in [1.82, 2.24) is 0 Å². The molecular formula is C9H13Cl. The molecule has 0 amide bonds. The lowest BCUT2D eigenvalue weighted by Crippen LogP contribution is -2.15. The quantitative estimate of drug-likeness (QED) is 0.405. The van der Waals surface area contributed by atoms with E-state index >= 15 is 0 Å². The monoisotopic (exact) mass is 156 g/mol. The summed E-state index contributed by atoms with van der Waals surface area (Å²) in [4.78, 5) is 0. The van der Waals surface area contributed by atoms with Gasteiger partial charge in [0.2, 0.25) is 0 Å². The topological polar surface area (TPSA) is 0 Å². The van der Waals surface area contributed by atoms with E-state index < -0.39 is 0 Å². The molecule has 0 radical (unpaired) electrons. The highest BCUT2D eigenvalue weighted by Crippen LogP contribution is 2.45. The molecule has 56 valence electrons. The van der Waals surface area contributed by atoms with Crippen LogP contribution in [-0.2, 0) is 0 Å². The lowest BCUT2D eigenvalue weighted by Gasteiger charge is -2.19. The highest BCUT2D eigenvalue weighted by Gasteiger charge is 2.37. The first-order valence-electron chi connectivity index (χ1n) is 4.10. The fraction of sp³-hybridized carbons (Fsp3) is 0.778. The highest BCUT2D eigenvalue weighted by molar-refractivity contribution is 6.20. The van der Waals surface area contributed by atoms with Crippen molar-refractivity contribution in [3.8, 4) is 0 Å². The maximum absolute atomic E-state index is 6.04. The van der Waals surface area contributed by atoms with Crippen molar-refractivity contribution < 1.29 is 0 Å². The molecule has 0 heterocycles. The molecule has 1 heteroatoms. The third-order valence-corrected chi connectivity index (χ3v) is 3.24. The molecule has 0 aromatic carbocycles. The number of hydrogen-bond donors (Lipinski definition) is 0. The molecule has 2 aliphatic rings. The number of hydrogen-bond acceptors (Lipinski definition) is 0. The Balaban J connectivity index is 2.09. The van der Waals surface area contributed by atoms with Crippen molar-refractivity contribution in [3.63, 3.8) is 0 Å². The summed E-state index contributed by atoms with van der Waals surface area (Å²) >= 11 is 6.04. The normalized spacial score (nSPS) is 46.4. The van der Waals surface area contributed by atoms with Gasteiger partial charge in [0.1, 0.15) is 0 Å². The van der Waals surface area contributed by atoms with Gasteiger partial charge >= 0.3 is 0 Å². The van der Waals surface area contributed by atoms with Gasteiger partial charge in [-0.3, -0.25) is 0 Å². The summed E-state index contributed by atoms with van der Waals surface area (Å²) in [6, 6.07) is 0. The van der Waals surface area contributed by atoms with Crippen molar-refractivity contribution in [3.05, 3.63) is 12.2 Å². The van der Waals surface area contributed by atoms with Crippen LogP contribution in [0.25, 0.3) is 0 Å². The molecule has 2 bridgehead atoms. The van der Waals surface area contributed by atoms with Gasteiger partial charge in [0.15, 0.2) is 0 Å². The molecule has 1 saturated carbocycles. The van der Waals surface area contributed by atoms with Gasteiger partial charge in [-0.15, -0.1) is 11.6 Å². The predicted octanol–water partition coefficient (Wildman–Crippen LogP) is 2.83. The second-order valence-electron chi connectivity index (χ2n) is 3.62. The molecule has 4 unspecified atom stereocenters. The number of fused-ring (bicyclic) bond motifs is 2. The van der Waals surface area contributed by atoms with Crippen LogP contribution in [0.4, 0.5) is 0 Å². The summed E-state index contributed by atoms with van der Waals surface area (Å²) < 4.78 is 0. The Bertz CT molecular complexity index is 160. The molecule has 10 heavy (non-hydrogen) atoms. The maximum atomic E-state index is 6.04. The largest absolute Gasteiger partial charge is 0.123 e. The van der Waals surface area contributed by atoms with Gasteiger partial charge in [0.05, 0.1) is 0 Å². The summed E-state index contributed by atoms with van der Waals surface area (Å²) in [7, 11) is 0. The smallest absolute Gasteiger partial charge is 0.0341 e. The van der Waals surface area contributed by atoms with Crippen LogP contribution in [0, 0.1) is 17.8 Å². The molecular weight excluding hydrogens is 144 g/mol. The first-order chi connectivity index (χ1) is 4.77. The Kier molecular flexibility index (Phi) is 1.52. The molecule has 0 aliphatic heterocycles. The standard InChI is InChI=1S/C9H13Cl/c1-6(10)9-5-7-2-3-8(9)4-7/h2-3,6-9H,4-5H2,1H3. The van der Waals surface area contributed by atoms with Crippen LogP contribution < -0.4 is 0 Å². The third kappa shape index (κ3) is 0.897. The van der Waals surface area contributed by atoms with E-state index in [1.807, 2.05) is 0 Å². The molecule has 0 aromatic rings. The maximum Gasteiger partial charge on any atom is 0.0341 e. The Labute approximate surface area is 67.3 Å². The van der Waals surface area contributed by atoms with Crippen LogP contribution in [0.15, 0.2) is 12.2 Å². The van der Waals surface area contributed by atoms with Crippen LogP contribution in [0.5, 0.6) is 0 Å². The molecule has 2 aliphatic carbocycles. The van der Waals surface area contributed by atoms with E-state index in [2.05, 4.69) is 19.1 Å². The van der Waals surface area contributed by atoms with Crippen LogP contribution in [0.1, 0.15) is 19.8 Å². The summed E-state index contributed by atoms with van der Waals surface area (Å²) in [5, 5.41) is 0.375. The lowest BCUT2D eigenvalue weighted by atomic mass is 9.91. The van der Waals surface area contributed by atoms with Crippen LogP contribution in [-0.4, -0.2) is 5.38 Å². The Morgan fingerprint density at radius 3 is 2.50 bits per heavy atom. The number of rotatable bonds is 1. The van der Waals surface area contributed by atoms with E-state index in [0.29, 0.717) is 5.38 Å². The van der Waals surface area contributed by atoms with Crippen molar-refractivity contribution >= 4 is 11.6 Å². The van der Waals surface area contributed by atoms with Crippen LogP contribution in [0.2, 0.25) is 0 Å². The molecule has 0 nitrogen and oxygen atoms in total. The molecule has 0 spiro atoms. The number of halogens is 1. The second-order valence-corrected chi connectivity index (χ2v) is 4.31. The minimum atomic E-state index is 0.375. The van der Waals surface area contributed by atoms with E-state index in [4.69, 9.17) is 11.6 Å². The SMILES string of the molecule is CC(Cl)C1CC2C=CC1C2. The summed E-state index contributed by atoms with van der Waals surface area (Å²) in [6.45, 7) is 2.13. The lowest BCUT2D eigenvalue weighted by molar-refractivity contribution is 0.441. The first-order valence-corrected chi connectivity index (χ1v) is 4.53. The van der Waals surface area contributed by atoms with Gasteiger partial charge in [0.25, 0.3) is 0 Å². The van der Waals surface area contributed by atoms with Gasteiger partial charge < -0.3 is 0 Å². The van der Waals surface area contributed by atoms with Crippen molar-refractivity contribution in [2.45, 2.75) is 25.1 Å². The van der Waals surface area contributed by atoms with E-state index in [9.17, 15) is 0 Å². The fourth-order valence-corrected chi connectivity index (χ4v) is 2.64. The zero-order chi connectivity index (χ0) is 7.14. The molecule has 0 N–H and O–H groups in total. The molecule has 1 fully saturated rings. The van der Waals surface area contributed by atoms with E-state index in [0.717, 1.165) is 17.8 Å². The van der Waals surface area contributed by atoms with Crippen molar-refractivity contribution in [2.24, 2.45) is 17.8 Å². The molecule has 0 aromatic heterocycles. The van der Waals surface area contributed by atoms with Crippen molar-refractivity contribution in [1.29, 1.82) is 0 Å². The number of alkyl halides is 1. The Hall–Kier alpha value is 0.0300. The van der Waals surface area contributed by atoms with Gasteiger partial charge in [-0.2, -0.15) is 0 Å². The van der Waals surface area contributed by atoms with E-state index in [-0.39, 0.29) is 0 Å². The zero-order valence-electron chi connectivity index (χ0n) is 6.26. The van der Waals surface area contributed by atoms with Gasteiger partial charge in [-0.1, -0.05) is 12.2 Å². The summed E-state index contributed by atoms with van der Waals surface area (Å²) in [5.41, 5.74) is 0. The molecule has 0 saturated heterocycles. The highest BCUT2D eigenvalue weighted by atomic mass is 35.5. The van der Waals surface area contributed by atoms with Gasteiger partial charge in [0, 0.05) is 5.38 Å². The molecule has 2 rings (SSSR count). The van der Waals surface area contributed by atoms with Gasteiger partial charge in [-0.25, -0.2) is 0 Å². The summed E-state index contributed by atoms with van der Waals surface area (Å²) in [5.74, 6) is 2.46. The second kappa shape index (κ2) is 2.27. The Morgan fingerprint density at radius 2 is 2.20 bits per heavy atom. The first kappa shape index (κ1) is 6.72.